The van der Waals surface area contributed by atoms with Gasteiger partial charge in [0, 0.05) is 49.2 Å². The van der Waals surface area contributed by atoms with Gasteiger partial charge in [0.05, 0.1) is 7.11 Å². The lowest BCUT2D eigenvalue weighted by Crippen LogP contribution is -2.19. The number of ether oxygens (including phenoxy) is 2. The van der Waals surface area contributed by atoms with Crippen LogP contribution >= 0.6 is 0 Å². The first-order chi connectivity index (χ1) is 13.5. The van der Waals surface area contributed by atoms with Crippen molar-refractivity contribution in [1.29, 1.82) is 0 Å². The van der Waals surface area contributed by atoms with Gasteiger partial charge in [-0.1, -0.05) is 12.1 Å². The van der Waals surface area contributed by atoms with Crippen molar-refractivity contribution in [2.24, 2.45) is 14.1 Å². The molecular formula is C21H19N3O4. The van der Waals surface area contributed by atoms with Crippen LogP contribution in [-0.2, 0) is 14.1 Å². The molecule has 0 atom stereocenters. The Morgan fingerprint density at radius 3 is 2.39 bits per heavy atom. The first-order valence-electron chi connectivity index (χ1n) is 8.69. The molecule has 0 saturated carbocycles. The van der Waals surface area contributed by atoms with Crippen LogP contribution in [0.25, 0.3) is 22.0 Å². The molecule has 0 amide bonds. The largest absolute Gasteiger partial charge is 0.493 e. The number of rotatable bonds is 4. The molecule has 0 unspecified atom stereocenters. The van der Waals surface area contributed by atoms with Crippen LogP contribution in [0.4, 0.5) is 0 Å². The number of H-pyrrole nitrogens is 1. The average molecular weight is 377 g/mol. The van der Waals surface area contributed by atoms with Crippen molar-refractivity contribution < 1.29 is 9.47 Å². The second-order valence-corrected chi connectivity index (χ2v) is 6.45. The number of aromatic nitrogens is 3. The molecule has 4 aromatic rings. The molecule has 7 heteroatoms. The van der Waals surface area contributed by atoms with Crippen molar-refractivity contribution in [3.05, 3.63) is 75.7 Å². The van der Waals surface area contributed by atoms with Gasteiger partial charge in [-0.2, -0.15) is 0 Å². The van der Waals surface area contributed by atoms with Crippen LogP contribution < -0.4 is 20.6 Å². The Bertz CT molecular complexity index is 1300. The van der Waals surface area contributed by atoms with E-state index in [0.717, 1.165) is 10.9 Å². The van der Waals surface area contributed by atoms with Crippen LogP contribution in [0.15, 0.2) is 64.6 Å². The van der Waals surface area contributed by atoms with Gasteiger partial charge in [0.25, 0.3) is 11.1 Å². The summed E-state index contributed by atoms with van der Waals surface area (Å²) in [7, 11) is 4.88. The molecule has 1 aromatic carbocycles. The highest BCUT2D eigenvalue weighted by atomic mass is 16.5. The topological polar surface area (TPSA) is 78.2 Å². The quantitative estimate of drug-likeness (QED) is 0.593. The third kappa shape index (κ3) is 2.77. The Kier molecular flexibility index (Phi) is 4.27. The Hall–Kier alpha value is -3.74. The van der Waals surface area contributed by atoms with E-state index in [1.165, 1.54) is 9.13 Å². The summed E-state index contributed by atoms with van der Waals surface area (Å²) in [5, 5.41) is 0.723. The number of aromatic amines is 1. The zero-order valence-electron chi connectivity index (χ0n) is 15.7. The lowest BCUT2D eigenvalue weighted by molar-refractivity contribution is 0.377. The van der Waals surface area contributed by atoms with Crippen molar-refractivity contribution in [2.45, 2.75) is 0 Å². The molecule has 0 bridgehead atoms. The van der Waals surface area contributed by atoms with Crippen molar-refractivity contribution in [1.82, 2.24) is 14.1 Å². The summed E-state index contributed by atoms with van der Waals surface area (Å²) >= 11 is 0. The Balaban J connectivity index is 1.99. The second-order valence-electron chi connectivity index (χ2n) is 6.45. The summed E-state index contributed by atoms with van der Waals surface area (Å²) in [6.07, 6.45) is 5.09. The maximum atomic E-state index is 12.9. The molecule has 0 fully saturated rings. The van der Waals surface area contributed by atoms with Crippen LogP contribution in [0, 0.1) is 0 Å². The number of aryl methyl sites for hydroxylation is 2. The average Bonchev–Trinajstić information content (AvgIpc) is 3.19. The molecule has 0 saturated heterocycles. The van der Waals surface area contributed by atoms with Gasteiger partial charge in [-0.25, -0.2) is 0 Å². The van der Waals surface area contributed by atoms with E-state index < -0.39 is 0 Å². The lowest BCUT2D eigenvalue weighted by Gasteiger charge is -2.15. The number of hydrogen-bond acceptors (Lipinski definition) is 4. The van der Waals surface area contributed by atoms with Gasteiger partial charge in [-0.05, 0) is 24.3 Å². The van der Waals surface area contributed by atoms with Crippen molar-refractivity contribution >= 4 is 10.9 Å². The minimum absolute atomic E-state index is 0.139. The maximum Gasteiger partial charge on any atom is 0.293 e. The van der Waals surface area contributed by atoms with Gasteiger partial charge in [-0.15, -0.1) is 0 Å². The summed E-state index contributed by atoms with van der Waals surface area (Å²) < 4.78 is 14.3. The SMILES string of the molecule is COc1ccccc1Oc1c(-c2cn(C)c(=O)c3[nH]ccc23)ccn(C)c1=O. The molecule has 0 spiro atoms. The maximum absolute atomic E-state index is 12.9. The van der Waals surface area contributed by atoms with Crippen LogP contribution in [0.3, 0.4) is 0 Å². The minimum atomic E-state index is -0.291. The first kappa shape index (κ1) is 17.7. The summed E-state index contributed by atoms with van der Waals surface area (Å²) in [4.78, 5) is 28.3. The molecule has 0 radical (unpaired) electrons. The Labute approximate surface area is 160 Å². The number of methoxy groups -OCH3 is 1. The molecular weight excluding hydrogens is 358 g/mol. The predicted molar refractivity (Wildman–Crippen MR) is 107 cm³/mol. The van der Waals surface area contributed by atoms with E-state index in [1.807, 2.05) is 18.2 Å². The minimum Gasteiger partial charge on any atom is -0.493 e. The summed E-state index contributed by atoms with van der Waals surface area (Å²) in [5.74, 6) is 1.12. The summed E-state index contributed by atoms with van der Waals surface area (Å²) in [6, 6.07) is 10.8. The van der Waals surface area contributed by atoms with E-state index in [0.29, 0.717) is 22.6 Å². The smallest absolute Gasteiger partial charge is 0.293 e. The third-order valence-corrected chi connectivity index (χ3v) is 4.69. The fourth-order valence-electron chi connectivity index (χ4n) is 3.21. The predicted octanol–water partition coefficient (Wildman–Crippen LogP) is 3.03. The molecule has 142 valence electrons. The van der Waals surface area contributed by atoms with Gasteiger partial charge >= 0.3 is 0 Å². The number of hydrogen-bond donors (Lipinski definition) is 1. The van der Waals surface area contributed by atoms with Gasteiger partial charge in [-0.3, -0.25) is 9.59 Å². The van der Waals surface area contributed by atoms with Gasteiger partial charge < -0.3 is 23.6 Å². The molecule has 0 aliphatic rings. The van der Waals surface area contributed by atoms with E-state index in [4.69, 9.17) is 9.47 Å². The van der Waals surface area contributed by atoms with E-state index in [2.05, 4.69) is 4.98 Å². The zero-order chi connectivity index (χ0) is 19.8. The monoisotopic (exact) mass is 377 g/mol. The first-order valence-corrected chi connectivity index (χ1v) is 8.69. The lowest BCUT2D eigenvalue weighted by atomic mass is 10.0. The van der Waals surface area contributed by atoms with Crippen molar-refractivity contribution in [3.63, 3.8) is 0 Å². The van der Waals surface area contributed by atoms with Crippen LogP contribution in [-0.4, -0.2) is 21.2 Å². The molecule has 4 rings (SSSR count). The van der Waals surface area contributed by atoms with Gasteiger partial charge in [0.1, 0.15) is 5.52 Å². The summed E-state index contributed by atoms with van der Waals surface area (Å²) in [5.41, 5.74) is 1.36. The van der Waals surface area contributed by atoms with E-state index in [1.54, 1.807) is 58.0 Å². The second kappa shape index (κ2) is 6.77. The number of fused-ring (bicyclic) bond motifs is 1. The molecule has 3 heterocycles. The van der Waals surface area contributed by atoms with Crippen LogP contribution in [0.2, 0.25) is 0 Å². The Morgan fingerprint density at radius 1 is 0.893 bits per heavy atom. The number of pyridine rings is 2. The number of para-hydroxylation sites is 2. The highest BCUT2D eigenvalue weighted by Gasteiger charge is 2.19. The van der Waals surface area contributed by atoms with Gasteiger partial charge in [0.15, 0.2) is 11.5 Å². The molecule has 3 aromatic heterocycles. The highest BCUT2D eigenvalue weighted by Crippen LogP contribution is 2.36. The van der Waals surface area contributed by atoms with Crippen LogP contribution in [0.1, 0.15) is 0 Å². The normalized spacial score (nSPS) is 11.0. The van der Waals surface area contributed by atoms with Crippen molar-refractivity contribution in [2.75, 3.05) is 7.11 Å². The Morgan fingerprint density at radius 2 is 1.64 bits per heavy atom. The highest BCUT2D eigenvalue weighted by molar-refractivity contribution is 5.95. The van der Waals surface area contributed by atoms with E-state index in [-0.39, 0.29) is 16.9 Å². The fourth-order valence-corrected chi connectivity index (χ4v) is 3.21. The molecule has 28 heavy (non-hydrogen) atoms. The summed E-state index contributed by atoms with van der Waals surface area (Å²) in [6.45, 7) is 0. The molecule has 0 aliphatic heterocycles. The van der Waals surface area contributed by atoms with Gasteiger partial charge in [0.2, 0.25) is 5.75 Å². The van der Waals surface area contributed by atoms with Crippen LogP contribution in [0.5, 0.6) is 17.2 Å². The molecule has 0 aliphatic carbocycles. The third-order valence-electron chi connectivity index (χ3n) is 4.69. The number of nitrogens with one attached hydrogen (secondary N) is 1. The number of nitrogens with zero attached hydrogens (tertiary/aromatic N) is 2. The van der Waals surface area contributed by atoms with E-state index in [9.17, 15) is 9.59 Å². The molecule has 7 nitrogen and oxygen atoms in total. The fraction of sp³-hybridized carbons (Fsp3) is 0.143. The standard InChI is InChI=1S/C21H19N3O4/c1-23-11-9-14(15-12-24(2)20(25)18-13(15)8-10-22-18)19(21(23)26)28-17-7-5-4-6-16(17)27-3/h4-12,22H,1-3H3. The van der Waals surface area contributed by atoms with E-state index >= 15 is 0 Å². The number of benzene rings is 1. The van der Waals surface area contributed by atoms with Crippen molar-refractivity contribution in [3.8, 4) is 28.4 Å². The molecule has 1 N–H and O–H groups in total. The zero-order valence-corrected chi connectivity index (χ0v) is 15.7.